The van der Waals surface area contributed by atoms with Gasteiger partial charge in [0.05, 0.1) is 27.7 Å². The van der Waals surface area contributed by atoms with Crippen molar-refractivity contribution in [2.45, 2.75) is 6.92 Å². The number of nitrogens with zero attached hydrogens (tertiary/aromatic N) is 2. The first-order valence-corrected chi connectivity index (χ1v) is 6.02. The lowest BCUT2D eigenvalue weighted by molar-refractivity contribution is 0.0785. The normalized spacial score (nSPS) is 11.7. The first-order chi connectivity index (χ1) is 8.36. The summed E-state index contributed by atoms with van der Waals surface area (Å²) in [5, 5.41) is 9.19. The van der Waals surface area contributed by atoms with Crippen molar-refractivity contribution in [2.75, 3.05) is 19.3 Å². The third-order valence-corrected chi connectivity index (χ3v) is 3.23. The minimum absolute atomic E-state index is 0.237. The Morgan fingerprint density at radius 1 is 1.56 bits per heavy atom. The summed E-state index contributed by atoms with van der Waals surface area (Å²) in [6.07, 6.45) is 0. The van der Waals surface area contributed by atoms with Crippen molar-refractivity contribution in [3.63, 3.8) is 0 Å². The highest BCUT2D eigenvalue weighted by molar-refractivity contribution is 6.43. The number of carbonyl (C=O) groups excluding carboxylic acids is 1. The van der Waals surface area contributed by atoms with Gasteiger partial charge in [-0.15, -0.1) is 0 Å². The van der Waals surface area contributed by atoms with Crippen LogP contribution in [0.2, 0.25) is 10.0 Å². The molecule has 0 aliphatic carbocycles. The molecule has 0 bridgehead atoms. The van der Waals surface area contributed by atoms with Crippen LogP contribution >= 0.6 is 23.2 Å². The van der Waals surface area contributed by atoms with E-state index in [4.69, 9.17) is 34.2 Å². The van der Waals surface area contributed by atoms with Crippen LogP contribution in [0, 0.1) is 17.2 Å². The van der Waals surface area contributed by atoms with Gasteiger partial charge >= 0.3 is 0 Å². The van der Waals surface area contributed by atoms with Crippen LogP contribution in [0.1, 0.15) is 17.3 Å². The van der Waals surface area contributed by atoms with Gasteiger partial charge in [0, 0.05) is 19.2 Å². The van der Waals surface area contributed by atoms with Crippen LogP contribution in [0.3, 0.4) is 0 Å². The molecule has 1 aromatic carbocycles. The maximum absolute atomic E-state index is 12.1. The monoisotopic (exact) mass is 285 g/mol. The average Bonchev–Trinajstić information content (AvgIpc) is 2.33. The lowest BCUT2D eigenvalue weighted by Gasteiger charge is -2.18. The number of carbonyl (C=O) groups is 1. The van der Waals surface area contributed by atoms with Gasteiger partial charge in [-0.2, -0.15) is 5.26 Å². The molecule has 2 N–H and O–H groups in total. The van der Waals surface area contributed by atoms with Crippen molar-refractivity contribution in [1.29, 1.82) is 5.26 Å². The summed E-state index contributed by atoms with van der Waals surface area (Å²) in [6, 6.07) is 5.01. The van der Waals surface area contributed by atoms with E-state index < -0.39 is 0 Å². The molecule has 1 unspecified atom stereocenters. The number of nitrogen functional groups attached to an aromatic ring is 1. The van der Waals surface area contributed by atoms with E-state index in [-0.39, 0.29) is 27.6 Å². The summed E-state index contributed by atoms with van der Waals surface area (Å²) in [6.45, 7) is 2.09. The van der Waals surface area contributed by atoms with Crippen LogP contribution in [-0.2, 0) is 0 Å². The van der Waals surface area contributed by atoms with Crippen LogP contribution in [-0.4, -0.2) is 24.4 Å². The molecule has 18 heavy (non-hydrogen) atoms. The standard InChI is InChI=1S/C12H13Cl2N3O/c1-7(5-15)6-17(2)12(18)8-3-9(13)11(14)10(16)4-8/h3-4,7H,6,16H2,1-2H3. The molecular formula is C12H13Cl2N3O. The third kappa shape index (κ3) is 3.28. The van der Waals surface area contributed by atoms with Crippen LogP contribution in [0.5, 0.6) is 0 Å². The molecule has 1 atom stereocenters. The fourth-order valence-electron chi connectivity index (χ4n) is 1.49. The second-order valence-corrected chi connectivity index (χ2v) is 4.86. The topological polar surface area (TPSA) is 70.1 Å². The average molecular weight is 286 g/mol. The number of amides is 1. The number of anilines is 1. The molecule has 1 amide bonds. The first kappa shape index (κ1) is 14.6. The molecule has 0 saturated carbocycles. The van der Waals surface area contributed by atoms with Crippen molar-refractivity contribution in [3.8, 4) is 6.07 Å². The Morgan fingerprint density at radius 2 is 2.17 bits per heavy atom. The minimum atomic E-state index is -0.248. The molecule has 0 aliphatic rings. The molecule has 0 fully saturated rings. The minimum Gasteiger partial charge on any atom is -0.397 e. The summed E-state index contributed by atoms with van der Waals surface area (Å²) in [5.41, 5.74) is 6.26. The summed E-state index contributed by atoms with van der Waals surface area (Å²) >= 11 is 11.7. The zero-order valence-corrected chi connectivity index (χ0v) is 11.6. The van der Waals surface area contributed by atoms with Gasteiger partial charge in [-0.25, -0.2) is 0 Å². The van der Waals surface area contributed by atoms with Crippen LogP contribution in [0.15, 0.2) is 12.1 Å². The maximum Gasteiger partial charge on any atom is 0.253 e. The highest BCUT2D eigenvalue weighted by Crippen LogP contribution is 2.29. The number of halogens is 2. The molecular weight excluding hydrogens is 273 g/mol. The van der Waals surface area contributed by atoms with E-state index in [9.17, 15) is 4.79 Å². The quantitative estimate of drug-likeness (QED) is 0.868. The number of hydrogen-bond donors (Lipinski definition) is 1. The van der Waals surface area contributed by atoms with Crippen molar-refractivity contribution >= 4 is 34.8 Å². The Balaban J connectivity index is 2.95. The molecule has 4 nitrogen and oxygen atoms in total. The molecule has 1 rings (SSSR count). The van der Waals surface area contributed by atoms with E-state index in [0.29, 0.717) is 12.1 Å². The van der Waals surface area contributed by atoms with Crippen molar-refractivity contribution in [3.05, 3.63) is 27.7 Å². The van der Waals surface area contributed by atoms with E-state index in [2.05, 4.69) is 6.07 Å². The number of hydrogen-bond acceptors (Lipinski definition) is 3. The van der Waals surface area contributed by atoms with Gasteiger partial charge < -0.3 is 10.6 Å². The zero-order chi connectivity index (χ0) is 13.9. The van der Waals surface area contributed by atoms with Gasteiger partial charge in [0.15, 0.2) is 0 Å². The van der Waals surface area contributed by atoms with Gasteiger partial charge in [0.2, 0.25) is 0 Å². The molecule has 0 saturated heterocycles. The van der Waals surface area contributed by atoms with E-state index in [1.165, 1.54) is 17.0 Å². The largest absolute Gasteiger partial charge is 0.397 e. The van der Waals surface area contributed by atoms with Crippen molar-refractivity contribution in [1.82, 2.24) is 4.90 Å². The van der Waals surface area contributed by atoms with Gasteiger partial charge in [-0.3, -0.25) is 4.79 Å². The fraction of sp³-hybridized carbons (Fsp3) is 0.333. The second-order valence-electron chi connectivity index (χ2n) is 4.08. The fourth-order valence-corrected chi connectivity index (χ4v) is 1.82. The molecule has 0 aromatic heterocycles. The van der Waals surface area contributed by atoms with Gasteiger partial charge in [0.25, 0.3) is 5.91 Å². The highest BCUT2D eigenvalue weighted by atomic mass is 35.5. The van der Waals surface area contributed by atoms with E-state index >= 15 is 0 Å². The van der Waals surface area contributed by atoms with Crippen molar-refractivity contribution < 1.29 is 4.79 Å². The predicted octanol–water partition coefficient (Wildman–Crippen LogP) is 2.81. The number of nitriles is 1. The summed E-state index contributed by atoms with van der Waals surface area (Å²) in [7, 11) is 1.62. The maximum atomic E-state index is 12.1. The smallest absolute Gasteiger partial charge is 0.253 e. The Kier molecular flexibility index (Phi) is 4.83. The Morgan fingerprint density at radius 3 is 2.67 bits per heavy atom. The Hall–Kier alpha value is -1.44. The third-order valence-electron chi connectivity index (χ3n) is 2.42. The number of benzene rings is 1. The second kappa shape index (κ2) is 5.94. The van der Waals surface area contributed by atoms with Crippen LogP contribution in [0.4, 0.5) is 5.69 Å². The summed E-state index contributed by atoms with van der Waals surface area (Å²) in [5.74, 6) is -0.485. The zero-order valence-electron chi connectivity index (χ0n) is 10.1. The number of nitrogens with two attached hydrogens (primary N) is 1. The van der Waals surface area contributed by atoms with E-state index in [1.807, 2.05) is 0 Å². The van der Waals surface area contributed by atoms with Crippen LogP contribution < -0.4 is 5.73 Å². The summed E-state index contributed by atoms with van der Waals surface area (Å²) in [4.78, 5) is 13.5. The molecule has 0 heterocycles. The SMILES string of the molecule is CC(C#N)CN(C)C(=O)c1cc(N)c(Cl)c(Cl)c1. The van der Waals surface area contributed by atoms with Gasteiger partial charge in [-0.1, -0.05) is 23.2 Å². The van der Waals surface area contributed by atoms with Crippen LogP contribution in [0.25, 0.3) is 0 Å². The molecule has 0 aliphatic heterocycles. The predicted molar refractivity (Wildman–Crippen MR) is 72.6 cm³/mol. The molecule has 0 spiro atoms. The lowest BCUT2D eigenvalue weighted by atomic mass is 10.1. The molecule has 96 valence electrons. The molecule has 6 heteroatoms. The lowest BCUT2D eigenvalue weighted by Crippen LogP contribution is -2.30. The summed E-state index contributed by atoms with van der Waals surface area (Å²) < 4.78 is 0. The Labute approximate surface area is 116 Å². The molecule has 0 radical (unpaired) electrons. The van der Waals surface area contributed by atoms with Gasteiger partial charge in [-0.05, 0) is 19.1 Å². The number of rotatable bonds is 3. The van der Waals surface area contributed by atoms with Gasteiger partial charge in [0.1, 0.15) is 0 Å². The first-order valence-electron chi connectivity index (χ1n) is 5.26. The molecule has 1 aromatic rings. The van der Waals surface area contributed by atoms with E-state index in [1.54, 1.807) is 14.0 Å². The Bertz CT molecular complexity index is 488. The highest BCUT2D eigenvalue weighted by Gasteiger charge is 2.16. The van der Waals surface area contributed by atoms with Crippen molar-refractivity contribution in [2.24, 2.45) is 5.92 Å². The van der Waals surface area contributed by atoms with E-state index in [0.717, 1.165) is 0 Å².